The van der Waals surface area contributed by atoms with E-state index < -0.39 is 0 Å². The van der Waals surface area contributed by atoms with Gasteiger partial charge in [0.25, 0.3) is 0 Å². The third-order valence-corrected chi connectivity index (χ3v) is 3.47. The van der Waals surface area contributed by atoms with E-state index in [2.05, 4.69) is 15.8 Å². The highest BCUT2D eigenvalue weighted by Crippen LogP contribution is 2.36. The van der Waals surface area contributed by atoms with E-state index in [1.165, 1.54) is 14.2 Å². The lowest BCUT2D eigenvalue weighted by molar-refractivity contribution is 0.340. The molecule has 2 aromatic carbocycles. The van der Waals surface area contributed by atoms with Gasteiger partial charge in [-0.25, -0.2) is 0 Å². The van der Waals surface area contributed by atoms with Crippen molar-refractivity contribution in [1.82, 2.24) is 5.43 Å². The summed E-state index contributed by atoms with van der Waals surface area (Å²) >= 11 is 5.20. The van der Waals surface area contributed by atoms with Crippen molar-refractivity contribution in [2.45, 2.75) is 6.92 Å². The third kappa shape index (κ3) is 4.36. The van der Waals surface area contributed by atoms with Gasteiger partial charge >= 0.3 is 0 Å². The van der Waals surface area contributed by atoms with E-state index in [1.807, 2.05) is 31.2 Å². The second-order valence-corrected chi connectivity index (χ2v) is 5.32. The van der Waals surface area contributed by atoms with Gasteiger partial charge in [0.1, 0.15) is 0 Å². The number of nitrogens with one attached hydrogen (secondary N) is 2. The topological polar surface area (TPSA) is 75.1 Å². The molecule has 0 amide bonds. The van der Waals surface area contributed by atoms with Gasteiger partial charge in [-0.2, -0.15) is 5.10 Å². The van der Waals surface area contributed by atoms with Gasteiger partial charge in [0.15, 0.2) is 16.6 Å². The van der Waals surface area contributed by atoms with E-state index >= 15 is 0 Å². The molecule has 0 radical (unpaired) electrons. The first kappa shape index (κ1) is 17.6. The Balaban J connectivity index is 2.03. The van der Waals surface area contributed by atoms with Crippen LogP contribution in [0.2, 0.25) is 0 Å². The molecule has 3 N–H and O–H groups in total. The first-order valence-corrected chi connectivity index (χ1v) is 7.56. The Kier molecular flexibility index (Phi) is 5.97. The van der Waals surface area contributed by atoms with Crippen molar-refractivity contribution in [2.24, 2.45) is 5.10 Å². The predicted molar refractivity (Wildman–Crippen MR) is 99.3 cm³/mol. The minimum atomic E-state index is -0.0538. The normalized spacial score (nSPS) is 10.5. The molecule has 0 aliphatic rings. The highest BCUT2D eigenvalue weighted by Gasteiger charge is 2.10. The number of ether oxygens (including phenoxy) is 2. The van der Waals surface area contributed by atoms with Gasteiger partial charge in [-0.1, -0.05) is 18.2 Å². The first-order chi connectivity index (χ1) is 11.5. The summed E-state index contributed by atoms with van der Waals surface area (Å²) in [6.07, 6.45) is 1.55. The summed E-state index contributed by atoms with van der Waals surface area (Å²) in [7, 11) is 2.93. The highest BCUT2D eigenvalue weighted by atomic mass is 32.1. The van der Waals surface area contributed by atoms with Gasteiger partial charge in [0, 0.05) is 11.3 Å². The number of aromatic hydroxyl groups is 1. The molecule has 0 saturated heterocycles. The zero-order valence-corrected chi connectivity index (χ0v) is 14.5. The monoisotopic (exact) mass is 345 g/mol. The largest absolute Gasteiger partial charge is 0.502 e. The van der Waals surface area contributed by atoms with E-state index in [4.69, 9.17) is 21.7 Å². The third-order valence-electron chi connectivity index (χ3n) is 3.28. The van der Waals surface area contributed by atoms with Crippen molar-refractivity contribution in [3.05, 3.63) is 47.5 Å². The van der Waals surface area contributed by atoms with Crippen LogP contribution < -0.4 is 20.2 Å². The number of anilines is 1. The van der Waals surface area contributed by atoms with E-state index in [9.17, 15) is 5.11 Å². The van der Waals surface area contributed by atoms with Crippen LogP contribution in [0.3, 0.4) is 0 Å². The van der Waals surface area contributed by atoms with E-state index in [0.717, 1.165) is 11.3 Å². The second-order valence-electron chi connectivity index (χ2n) is 4.91. The van der Waals surface area contributed by atoms with Crippen LogP contribution in [0.15, 0.2) is 41.5 Å². The van der Waals surface area contributed by atoms with Crippen LogP contribution in [0, 0.1) is 6.92 Å². The Morgan fingerprint density at radius 1 is 1.17 bits per heavy atom. The minimum absolute atomic E-state index is 0.0538. The zero-order valence-electron chi connectivity index (χ0n) is 13.7. The molecule has 0 saturated carbocycles. The van der Waals surface area contributed by atoms with Gasteiger partial charge < -0.3 is 19.9 Å². The van der Waals surface area contributed by atoms with Gasteiger partial charge in [-0.05, 0) is 42.9 Å². The number of hydrazone groups is 1. The summed E-state index contributed by atoms with van der Waals surface area (Å²) in [6, 6.07) is 11.1. The Morgan fingerprint density at radius 3 is 2.38 bits per heavy atom. The van der Waals surface area contributed by atoms with Gasteiger partial charge in [0.05, 0.1) is 20.4 Å². The number of thiocarbonyl (C=S) groups is 1. The number of hydrogen-bond donors (Lipinski definition) is 3. The molecule has 0 spiro atoms. The predicted octanol–water partition coefficient (Wildman–Crippen LogP) is 3.04. The molecule has 0 bridgehead atoms. The number of aryl methyl sites for hydroxylation is 1. The highest BCUT2D eigenvalue weighted by molar-refractivity contribution is 7.80. The Morgan fingerprint density at radius 2 is 1.79 bits per heavy atom. The zero-order chi connectivity index (χ0) is 17.5. The molecule has 2 rings (SSSR count). The molecule has 0 unspecified atom stereocenters. The Hall–Kier alpha value is -2.80. The molecule has 0 aromatic heterocycles. The van der Waals surface area contributed by atoms with Crippen LogP contribution in [0.4, 0.5) is 5.69 Å². The van der Waals surface area contributed by atoms with E-state index in [1.54, 1.807) is 18.3 Å². The summed E-state index contributed by atoms with van der Waals surface area (Å²) in [5, 5.41) is 17.4. The molecular formula is C17H19N3O3S. The van der Waals surface area contributed by atoms with Crippen LogP contribution in [-0.4, -0.2) is 30.7 Å². The minimum Gasteiger partial charge on any atom is -0.502 e. The maximum absolute atomic E-state index is 9.88. The number of hydrogen-bond acceptors (Lipinski definition) is 5. The molecule has 0 atom stereocenters. The molecule has 6 nitrogen and oxygen atoms in total. The second kappa shape index (κ2) is 8.16. The molecule has 126 valence electrons. The number of phenolic OH excluding ortho intramolecular Hbond substituents is 1. The molecule has 0 aliphatic heterocycles. The summed E-state index contributed by atoms with van der Waals surface area (Å²) < 4.78 is 10.2. The lowest BCUT2D eigenvalue weighted by atomic mass is 10.2. The average Bonchev–Trinajstić information content (AvgIpc) is 2.58. The van der Waals surface area contributed by atoms with Crippen molar-refractivity contribution < 1.29 is 14.6 Å². The Labute approximate surface area is 146 Å². The van der Waals surface area contributed by atoms with Crippen molar-refractivity contribution in [2.75, 3.05) is 19.5 Å². The molecular weight excluding hydrogens is 326 g/mol. The number of methoxy groups -OCH3 is 2. The SMILES string of the molecule is COc1cc(/C=N/NC(=S)Nc2ccccc2C)cc(OC)c1O. The smallest absolute Gasteiger partial charge is 0.200 e. The molecule has 7 heteroatoms. The Bertz CT molecular complexity index is 737. The lowest BCUT2D eigenvalue weighted by Crippen LogP contribution is -2.24. The maximum Gasteiger partial charge on any atom is 0.200 e. The number of nitrogens with zero attached hydrogens (tertiary/aromatic N) is 1. The molecule has 24 heavy (non-hydrogen) atoms. The van der Waals surface area contributed by atoms with Crippen LogP contribution in [-0.2, 0) is 0 Å². The molecule has 0 aliphatic carbocycles. The standard InChI is InChI=1S/C17H19N3O3S/c1-11-6-4-5-7-13(11)19-17(24)20-18-10-12-8-14(22-2)16(21)15(9-12)23-3/h4-10,21H,1-3H3,(H2,19,20,24)/b18-10+. The van der Waals surface area contributed by atoms with Crippen LogP contribution in [0.1, 0.15) is 11.1 Å². The summed E-state index contributed by atoms with van der Waals surface area (Å²) in [5.74, 6) is 0.551. The summed E-state index contributed by atoms with van der Waals surface area (Å²) in [4.78, 5) is 0. The number of rotatable bonds is 5. The quantitative estimate of drug-likeness (QED) is 0.439. The molecule has 2 aromatic rings. The van der Waals surface area contributed by atoms with Gasteiger partial charge in [-0.3, -0.25) is 5.43 Å². The van der Waals surface area contributed by atoms with Crippen LogP contribution in [0.25, 0.3) is 0 Å². The summed E-state index contributed by atoms with van der Waals surface area (Å²) in [6.45, 7) is 1.99. The van der Waals surface area contributed by atoms with E-state index in [0.29, 0.717) is 22.2 Å². The van der Waals surface area contributed by atoms with Crippen molar-refractivity contribution in [1.29, 1.82) is 0 Å². The number of benzene rings is 2. The first-order valence-electron chi connectivity index (χ1n) is 7.16. The van der Waals surface area contributed by atoms with Crippen LogP contribution in [0.5, 0.6) is 17.2 Å². The fourth-order valence-electron chi connectivity index (χ4n) is 2.02. The maximum atomic E-state index is 9.88. The number of para-hydroxylation sites is 1. The fourth-order valence-corrected chi connectivity index (χ4v) is 2.18. The van der Waals surface area contributed by atoms with Gasteiger partial charge in [0.2, 0.25) is 5.75 Å². The fraction of sp³-hybridized carbons (Fsp3) is 0.176. The molecule has 0 fully saturated rings. The molecule has 0 heterocycles. The van der Waals surface area contributed by atoms with Crippen LogP contribution >= 0.6 is 12.2 Å². The van der Waals surface area contributed by atoms with Gasteiger partial charge in [-0.15, -0.1) is 0 Å². The lowest BCUT2D eigenvalue weighted by Gasteiger charge is -2.10. The van der Waals surface area contributed by atoms with Crippen molar-refractivity contribution in [3.63, 3.8) is 0 Å². The van der Waals surface area contributed by atoms with Crippen molar-refractivity contribution in [3.8, 4) is 17.2 Å². The summed E-state index contributed by atoms with van der Waals surface area (Å²) in [5.41, 5.74) is 5.43. The van der Waals surface area contributed by atoms with Crippen molar-refractivity contribution >= 4 is 29.2 Å². The van der Waals surface area contributed by atoms with E-state index in [-0.39, 0.29) is 5.75 Å². The number of phenols is 1. The average molecular weight is 345 g/mol.